The Kier molecular flexibility index (Phi) is 5.68. The standard InChI is InChI=1S/C22H28F3N3O2/c1-14-6-9-28(13-14)19-12-17(26-20(29)15-2-3-15)4-5-18(19)21(30)27-10-7-16(8-11-27)22(23,24)25/h4-5,12,14-16H,2-3,6-11,13H2,1H3,(H,26,29). The number of carbonyl (C=O) groups excluding carboxylic acids is 2. The minimum absolute atomic E-state index is 0.00374. The summed E-state index contributed by atoms with van der Waals surface area (Å²) < 4.78 is 38.9. The number of likely N-dealkylation sites (tertiary alicyclic amines) is 1. The molecule has 3 aliphatic rings. The van der Waals surface area contributed by atoms with E-state index in [1.807, 2.05) is 6.07 Å². The number of carbonyl (C=O) groups is 2. The normalized spacial score (nSPS) is 23.0. The van der Waals surface area contributed by atoms with E-state index < -0.39 is 12.1 Å². The number of halogens is 3. The Bertz CT molecular complexity index is 814. The molecule has 2 heterocycles. The van der Waals surface area contributed by atoms with Crippen LogP contribution in [0.15, 0.2) is 18.2 Å². The number of nitrogens with one attached hydrogen (secondary N) is 1. The first-order valence-electron chi connectivity index (χ1n) is 10.8. The molecule has 0 bridgehead atoms. The Morgan fingerprint density at radius 2 is 1.73 bits per heavy atom. The predicted molar refractivity (Wildman–Crippen MR) is 108 cm³/mol. The number of piperidine rings is 1. The molecule has 5 nitrogen and oxygen atoms in total. The Morgan fingerprint density at radius 1 is 1.03 bits per heavy atom. The number of hydrogen-bond acceptors (Lipinski definition) is 3. The highest BCUT2D eigenvalue weighted by molar-refractivity contribution is 6.02. The van der Waals surface area contributed by atoms with E-state index in [0.29, 0.717) is 17.2 Å². The molecule has 1 unspecified atom stereocenters. The molecule has 1 aromatic rings. The van der Waals surface area contributed by atoms with E-state index in [-0.39, 0.29) is 43.7 Å². The molecule has 30 heavy (non-hydrogen) atoms. The van der Waals surface area contributed by atoms with Crippen LogP contribution in [0.1, 0.15) is 49.4 Å². The summed E-state index contributed by atoms with van der Waals surface area (Å²) in [4.78, 5) is 29.0. The van der Waals surface area contributed by atoms with Gasteiger partial charge < -0.3 is 15.1 Å². The molecule has 2 saturated heterocycles. The fourth-order valence-electron chi connectivity index (χ4n) is 4.38. The van der Waals surface area contributed by atoms with E-state index >= 15 is 0 Å². The minimum atomic E-state index is -4.20. The van der Waals surface area contributed by atoms with Crippen molar-refractivity contribution in [2.45, 2.75) is 45.2 Å². The number of benzene rings is 1. The third-order valence-electron chi connectivity index (χ3n) is 6.45. The molecule has 4 rings (SSSR count). The smallest absolute Gasteiger partial charge is 0.371 e. The first kappa shape index (κ1) is 21.0. The van der Waals surface area contributed by atoms with E-state index in [4.69, 9.17) is 0 Å². The molecule has 2 aliphatic heterocycles. The van der Waals surface area contributed by atoms with Crippen LogP contribution in [0.25, 0.3) is 0 Å². The van der Waals surface area contributed by atoms with Crippen molar-refractivity contribution in [1.29, 1.82) is 0 Å². The molecular weight excluding hydrogens is 395 g/mol. The molecule has 8 heteroatoms. The predicted octanol–water partition coefficient (Wildman–Crippen LogP) is 4.30. The summed E-state index contributed by atoms with van der Waals surface area (Å²) >= 11 is 0. The second-order valence-corrected chi connectivity index (χ2v) is 8.94. The van der Waals surface area contributed by atoms with Crippen molar-refractivity contribution in [3.63, 3.8) is 0 Å². The second kappa shape index (κ2) is 8.12. The number of anilines is 2. The van der Waals surface area contributed by atoms with Crippen LogP contribution >= 0.6 is 0 Å². The van der Waals surface area contributed by atoms with Gasteiger partial charge in [-0.1, -0.05) is 6.92 Å². The molecular formula is C22H28F3N3O2. The summed E-state index contributed by atoms with van der Waals surface area (Å²) in [6.45, 7) is 4.01. The molecule has 1 atom stereocenters. The van der Waals surface area contributed by atoms with Crippen LogP contribution in [0.5, 0.6) is 0 Å². The lowest BCUT2D eigenvalue weighted by Gasteiger charge is -2.34. The van der Waals surface area contributed by atoms with Gasteiger partial charge in [-0.15, -0.1) is 0 Å². The van der Waals surface area contributed by atoms with Gasteiger partial charge in [-0.25, -0.2) is 0 Å². The zero-order valence-electron chi connectivity index (χ0n) is 17.2. The van der Waals surface area contributed by atoms with Crippen LogP contribution in [-0.4, -0.2) is 49.1 Å². The number of nitrogens with zero attached hydrogens (tertiary/aromatic N) is 2. The van der Waals surface area contributed by atoms with Crippen LogP contribution in [0.4, 0.5) is 24.5 Å². The fraction of sp³-hybridized carbons (Fsp3) is 0.636. The average Bonchev–Trinajstić information content (AvgIpc) is 3.48. The van der Waals surface area contributed by atoms with Gasteiger partial charge in [0.1, 0.15) is 0 Å². The minimum Gasteiger partial charge on any atom is -0.371 e. The maximum atomic E-state index is 13.2. The molecule has 3 fully saturated rings. The third-order valence-corrected chi connectivity index (χ3v) is 6.45. The summed E-state index contributed by atoms with van der Waals surface area (Å²) in [5.41, 5.74) is 1.92. The molecule has 1 aromatic carbocycles. The van der Waals surface area contributed by atoms with Crippen molar-refractivity contribution in [3.8, 4) is 0 Å². The lowest BCUT2D eigenvalue weighted by molar-refractivity contribution is -0.183. The van der Waals surface area contributed by atoms with Crippen molar-refractivity contribution in [2.24, 2.45) is 17.8 Å². The topological polar surface area (TPSA) is 52.7 Å². The molecule has 1 saturated carbocycles. The summed E-state index contributed by atoms with van der Waals surface area (Å²) in [6, 6.07) is 5.27. The van der Waals surface area contributed by atoms with Gasteiger partial charge in [0, 0.05) is 37.8 Å². The van der Waals surface area contributed by atoms with Gasteiger partial charge in [-0.3, -0.25) is 9.59 Å². The van der Waals surface area contributed by atoms with E-state index in [1.165, 1.54) is 4.90 Å². The summed E-state index contributed by atoms with van der Waals surface area (Å²) in [6.07, 6.45) is -1.47. The van der Waals surface area contributed by atoms with Gasteiger partial charge in [-0.2, -0.15) is 13.2 Å². The molecule has 1 aliphatic carbocycles. The van der Waals surface area contributed by atoms with Crippen molar-refractivity contribution < 1.29 is 22.8 Å². The van der Waals surface area contributed by atoms with E-state index in [2.05, 4.69) is 17.1 Å². The quantitative estimate of drug-likeness (QED) is 0.786. The van der Waals surface area contributed by atoms with E-state index in [9.17, 15) is 22.8 Å². The largest absolute Gasteiger partial charge is 0.391 e. The third kappa shape index (κ3) is 4.57. The maximum Gasteiger partial charge on any atom is 0.391 e. The van der Waals surface area contributed by atoms with Crippen LogP contribution in [-0.2, 0) is 4.79 Å². The SMILES string of the molecule is CC1CCN(c2cc(NC(=O)C3CC3)ccc2C(=O)N2CCC(C(F)(F)F)CC2)C1. The van der Waals surface area contributed by atoms with Crippen LogP contribution < -0.4 is 10.2 Å². The van der Waals surface area contributed by atoms with Gasteiger partial charge in [0.05, 0.1) is 17.2 Å². The zero-order valence-corrected chi connectivity index (χ0v) is 17.2. The fourth-order valence-corrected chi connectivity index (χ4v) is 4.38. The lowest BCUT2D eigenvalue weighted by atomic mass is 9.95. The number of amides is 2. The first-order valence-corrected chi connectivity index (χ1v) is 10.8. The summed E-state index contributed by atoms with van der Waals surface area (Å²) in [7, 11) is 0. The highest BCUT2D eigenvalue weighted by atomic mass is 19.4. The maximum absolute atomic E-state index is 13.2. The second-order valence-electron chi connectivity index (χ2n) is 8.94. The summed E-state index contributed by atoms with van der Waals surface area (Å²) in [5.74, 6) is -0.980. The first-order chi connectivity index (χ1) is 14.2. The molecule has 0 radical (unpaired) electrons. The number of hydrogen-bond donors (Lipinski definition) is 1. The Hall–Kier alpha value is -2.25. The Morgan fingerprint density at radius 3 is 2.30 bits per heavy atom. The molecule has 0 spiro atoms. The summed E-state index contributed by atoms with van der Waals surface area (Å²) in [5, 5.41) is 2.93. The number of rotatable bonds is 4. The molecule has 0 aromatic heterocycles. The Labute approximate surface area is 174 Å². The van der Waals surface area contributed by atoms with Crippen molar-refractivity contribution in [1.82, 2.24) is 4.90 Å². The highest BCUT2D eigenvalue weighted by Gasteiger charge is 2.42. The van der Waals surface area contributed by atoms with Gasteiger partial charge in [-0.05, 0) is 56.2 Å². The van der Waals surface area contributed by atoms with Crippen LogP contribution in [0.2, 0.25) is 0 Å². The van der Waals surface area contributed by atoms with E-state index in [0.717, 1.165) is 38.0 Å². The van der Waals surface area contributed by atoms with E-state index in [1.54, 1.807) is 12.1 Å². The number of alkyl halides is 3. The molecule has 1 N–H and O–H groups in total. The van der Waals surface area contributed by atoms with Crippen LogP contribution in [0.3, 0.4) is 0 Å². The van der Waals surface area contributed by atoms with Gasteiger partial charge in [0.15, 0.2) is 0 Å². The van der Waals surface area contributed by atoms with Gasteiger partial charge >= 0.3 is 6.18 Å². The highest BCUT2D eigenvalue weighted by Crippen LogP contribution is 2.36. The average molecular weight is 423 g/mol. The molecule has 2 amide bonds. The monoisotopic (exact) mass is 423 g/mol. The zero-order chi connectivity index (χ0) is 21.5. The van der Waals surface area contributed by atoms with Crippen LogP contribution in [0, 0.1) is 17.8 Å². The van der Waals surface area contributed by atoms with Gasteiger partial charge in [0.25, 0.3) is 5.91 Å². The van der Waals surface area contributed by atoms with Crippen molar-refractivity contribution in [2.75, 3.05) is 36.4 Å². The Balaban J connectivity index is 1.53. The van der Waals surface area contributed by atoms with Crippen molar-refractivity contribution >= 4 is 23.2 Å². The van der Waals surface area contributed by atoms with Gasteiger partial charge in [0.2, 0.25) is 5.91 Å². The molecule has 164 valence electrons. The lowest BCUT2D eigenvalue weighted by Crippen LogP contribution is -2.42. The van der Waals surface area contributed by atoms with Crippen molar-refractivity contribution in [3.05, 3.63) is 23.8 Å².